The van der Waals surface area contributed by atoms with Crippen LogP contribution >= 0.6 is 0 Å². The number of halogens is 3. The van der Waals surface area contributed by atoms with Gasteiger partial charge in [-0.15, -0.1) is 0 Å². The average molecular weight is 419 g/mol. The molecule has 0 aliphatic heterocycles. The molecule has 0 spiro atoms. The van der Waals surface area contributed by atoms with Crippen LogP contribution in [0.15, 0.2) is 89.8 Å². The molecule has 7 heteroatoms. The summed E-state index contributed by atoms with van der Waals surface area (Å²) in [5.74, 6) is -0.0879. The fourth-order valence-electron chi connectivity index (χ4n) is 3.14. The highest BCUT2D eigenvalue weighted by Crippen LogP contribution is 2.33. The second-order valence-electron chi connectivity index (χ2n) is 6.56. The lowest BCUT2D eigenvalue weighted by Crippen LogP contribution is -2.23. The first-order valence-electron chi connectivity index (χ1n) is 9.04. The van der Waals surface area contributed by atoms with Crippen LogP contribution in [0.5, 0.6) is 0 Å². The molecule has 0 bridgehead atoms. The molecule has 3 rings (SSSR count). The summed E-state index contributed by atoms with van der Waals surface area (Å²) >= 11 is 0. The Morgan fingerprint density at radius 1 is 0.759 bits per heavy atom. The molecule has 0 saturated heterocycles. The zero-order chi connectivity index (χ0) is 20.9. The lowest BCUT2D eigenvalue weighted by atomic mass is 9.88. The lowest BCUT2D eigenvalue weighted by Gasteiger charge is -2.19. The monoisotopic (exact) mass is 419 g/mol. The molecule has 0 saturated carbocycles. The highest BCUT2D eigenvalue weighted by molar-refractivity contribution is 7.92. The van der Waals surface area contributed by atoms with Crippen LogP contribution in [0.2, 0.25) is 0 Å². The van der Waals surface area contributed by atoms with E-state index >= 15 is 0 Å². The Morgan fingerprint density at radius 2 is 1.28 bits per heavy atom. The maximum atomic E-state index is 12.8. The highest BCUT2D eigenvalue weighted by Gasteiger charge is 2.46. The Morgan fingerprint density at radius 3 is 1.83 bits per heavy atom. The van der Waals surface area contributed by atoms with E-state index in [4.69, 9.17) is 0 Å². The molecule has 29 heavy (non-hydrogen) atoms. The van der Waals surface area contributed by atoms with Crippen LogP contribution in [0.25, 0.3) is 0 Å². The van der Waals surface area contributed by atoms with Crippen LogP contribution in [0.3, 0.4) is 0 Å². The summed E-state index contributed by atoms with van der Waals surface area (Å²) < 4.78 is 61.5. The number of hydrogen-bond donors (Lipinski definition) is 1. The molecule has 3 aromatic rings. The Hall–Kier alpha value is -2.80. The van der Waals surface area contributed by atoms with Gasteiger partial charge in [0.15, 0.2) is 0 Å². The number of alkyl halides is 3. The molecule has 1 unspecified atom stereocenters. The van der Waals surface area contributed by atoms with Crippen molar-refractivity contribution in [2.75, 3.05) is 11.9 Å². The van der Waals surface area contributed by atoms with Crippen LogP contribution in [-0.2, 0) is 9.84 Å². The average Bonchev–Trinajstić information content (AvgIpc) is 2.72. The first-order chi connectivity index (χ1) is 13.8. The van der Waals surface area contributed by atoms with Crippen molar-refractivity contribution in [1.29, 1.82) is 0 Å². The summed E-state index contributed by atoms with van der Waals surface area (Å²) in [6, 6.07) is 24.2. The van der Waals surface area contributed by atoms with E-state index in [1.165, 1.54) is 12.1 Å². The van der Waals surface area contributed by atoms with Gasteiger partial charge in [0.25, 0.3) is 9.84 Å². The van der Waals surface area contributed by atoms with Crippen LogP contribution in [0, 0.1) is 0 Å². The number of anilines is 1. The number of benzene rings is 3. The molecular weight excluding hydrogens is 399 g/mol. The quantitative estimate of drug-likeness (QED) is 0.541. The Kier molecular flexibility index (Phi) is 6.27. The summed E-state index contributed by atoms with van der Waals surface area (Å²) in [6.45, 7) is 0.645. The third-order valence-electron chi connectivity index (χ3n) is 4.64. The van der Waals surface area contributed by atoms with Crippen molar-refractivity contribution < 1.29 is 21.6 Å². The minimum absolute atomic E-state index is 0.0879. The molecule has 1 N–H and O–H groups in total. The van der Waals surface area contributed by atoms with E-state index in [2.05, 4.69) is 5.32 Å². The van der Waals surface area contributed by atoms with Gasteiger partial charge in [0.05, 0.1) is 4.90 Å². The summed E-state index contributed by atoms with van der Waals surface area (Å²) in [5, 5.41) is 3.33. The second kappa shape index (κ2) is 8.69. The molecule has 0 aromatic heterocycles. The third kappa shape index (κ3) is 4.98. The predicted molar refractivity (Wildman–Crippen MR) is 108 cm³/mol. The first kappa shape index (κ1) is 20.9. The van der Waals surface area contributed by atoms with Crippen LogP contribution < -0.4 is 5.32 Å². The Balaban J connectivity index is 1.83. The van der Waals surface area contributed by atoms with Crippen molar-refractivity contribution in [3.63, 3.8) is 0 Å². The van der Waals surface area contributed by atoms with Crippen molar-refractivity contribution in [2.45, 2.75) is 22.7 Å². The van der Waals surface area contributed by atoms with E-state index in [1.807, 2.05) is 60.7 Å². The Bertz CT molecular complexity index is 1020. The molecule has 0 amide bonds. The maximum Gasteiger partial charge on any atom is 0.501 e. The van der Waals surface area contributed by atoms with E-state index in [0.717, 1.165) is 28.9 Å². The number of sulfone groups is 1. The van der Waals surface area contributed by atoms with E-state index in [1.54, 1.807) is 0 Å². The summed E-state index contributed by atoms with van der Waals surface area (Å²) in [6.07, 6.45) is 0.685. The standard InChI is InChI=1S/C22H20F3NO2S/c23-22(24,25)29(27,28)20-13-11-18(12-14-20)21(17-7-3-1-4-8-17)15-16-26-19-9-5-2-6-10-19/h1-14,21,26H,15-16H2. The lowest BCUT2D eigenvalue weighted by molar-refractivity contribution is -0.0436. The van der Waals surface area contributed by atoms with E-state index in [9.17, 15) is 21.6 Å². The van der Waals surface area contributed by atoms with E-state index < -0.39 is 20.2 Å². The minimum atomic E-state index is -5.35. The van der Waals surface area contributed by atoms with Crippen LogP contribution in [0.1, 0.15) is 23.5 Å². The van der Waals surface area contributed by atoms with Crippen molar-refractivity contribution in [3.8, 4) is 0 Å². The van der Waals surface area contributed by atoms with Crippen molar-refractivity contribution in [3.05, 3.63) is 96.1 Å². The van der Waals surface area contributed by atoms with Gasteiger partial charge in [-0.1, -0.05) is 60.7 Å². The fraction of sp³-hybridized carbons (Fsp3) is 0.182. The van der Waals surface area contributed by atoms with Crippen molar-refractivity contribution in [2.24, 2.45) is 0 Å². The summed E-state index contributed by atoms with van der Waals surface area (Å²) in [4.78, 5) is -0.747. The van der Waals surface area contributed by atoms with Gasteiger partial charge in [0.2, 0.25) is 0 Å². The molecule has 0 heterocycles. The molecular formula is C22H20F3NO2S. The van der Waals surface area contributed by atoms with Crippen LogP contribution in [0.4, 0.5) is 18.9 Å². The largest absolute Gasteiger partial charge is 0.501 e. The van der Waals surface area contributed by atoms with Gasteiger partial charge in [-0.3, -0.25) is 0 Å². The van der Waals surface area contributed by atoms with E-state index in [0.29, 0.717) is 13.0 Å². The van der Waals surface area contributed by atoms with Gasteiger partial charge >= 0.3 is 5.51 Å². The number of hydrogen-bond acceptors (Lipinski definition) is 3. The van der Waals surface area contributed by atoms with E-state index in [-0.39, 0.29) is 5.92 Å². The maximum absolute atomic E-state index is 12.8. The first-order valence-corrected chi connectivity index (χ1v) is 10.5. The van der Waals surface area contributed by atoms with Gasteiger partial charge in [-0.05, 0) is 41.8 Å². The van der Waals surface area contributed by atoms with Gasteiger partial charge in [-0.2, -0.15) is 13.2 Å². The Labute approximate surface area is 168 Å². The molecule has 0 fully saturated rings. The zero-order valence-electron chi connectivity index (χ0n) is 15.4. The summed E-state index contributed by atoms with van der Waals surface area (Å²) in [5.41, 5.74) is -2.57. The topological polar surface area (TPSA) is 46.2 Å². The molecule has 3 nitrogen and oxygen atoms in total. The molecule has 0 aliphatic rings. The van der Waals surface area contributed by atoms with Gasteiger partial charge < -0.3 is 5.32 Å². The molecule has 0 radical (unpaired) electrons. The van der Waals surface area contributed by atoms with Crippen molar-refractivity contribution in [1.82, 2.24) is 0 Å². The highest BCUT2D eigenvalue weighted by atomic mass is 32.2. The second-order valence-corrected chi connectivity index (χ2v) is 8.50. The molecule has 152 valence electrons. The normalized spacial score (nSPS) is 13.1. The number of nitrogens with one attached hydrogen (secondary N) is 1. The fourth-order valence-corrected chi connectivity index (χ4v) is 3.90. The predicted octanol–water partition coefficient (Wildman–Crippen LogP) is 5.61. The van der Waals surface area contributed by atoms with Gasteiger partial charge in [-0.25, -0.2) is 8.42 Å². The zero-order valence-corrected chi connectivity index (χ0v) is 16.2. The summed E-state index contributed by atoms with van der Waals surface area (Å²) in [7, 11) is -5.35. The van der Waals surface area contributed by atoms with Crippen LogP contribution in [-0.4, -0.2) is 20.5 Å². The number of para-hydroxylation sites is 1. The molecule has 1 atom stereocenters. The van der Waals surface area contributed by atoms with Crippen molar-refractivity contribution >= 4 is 15.5 Å². The van der Waals surface area contributed by atoms with Gasteiger partial charge in [0.1, 0.15) is 0 Å². The minimum Gasteiger partial charge on any atom is -0.385 e. The smallest absolute Gasteiger partial charge is 0.385 e. The molecule has 0 aliphatic carbocycles. The number of rotatable bonds is 7. The van der Waals surface area contributed by atoms with Gasteiger partial charge in [0, 0.05) is 18.2 Å². The molecule has 3 aromatic carbocycles. The SMILES string of the molecule is O=S(=O)(c1ccc(C(CCNc2ccccc2)c2ccccc2)cc1)C(F)(F)F. The third-order valence-corrected chi connectivity index (χ3v) is 6.14.